The van der Waals surface area contributed by atoms with Crippen LogP contribution in [-0.2, 0) is 9.84 Å². The maximum atomic E-state index is 13.3. The van der Waals surface area contributed by atoms with Gasteiger partial charge < -0.3 is 4.90 Å². The van der Waals surface area contributed by atoms with Gasteiger partial charge >= 0.3 is 0 Å². The molecule has 0 N–H and O–H groups in total. The molecule has 0 radical (unpaired) electrons. The van der Waals surface area contributed by atoms with E-state index in [-0.39, 0.29) is 16.3 Å². The highest BCUT2D eigenvalue weighted by Gasteiger charge is 2.25. The number of hydrogen-bond donors (Lipinski definition) is 0. The third kappa shape index (κ3) is 4.86. The van der Waals surface area contributed by atoms with Crippen molar-refractivity contribution >= 4 is 27.3 Å². The Labute approximate surface area is 138 Å². The van der Waals surface area contributed by atoms with Crippen molar-refractivity contribution in [2.75, 3.05) is 44.7 Å². The molecule has 0 saturated carbocycles. The highest BCUT2D eigenvalue weighted by atomic mass is 35.5. The summed E-state index contributed by atoms with van der Waals surface area (Å²) in [5, 5.41) is -0.131. The van der Waals surface area contributed by atoms with Crippen LogP contribution in [0.4, 0.5) is 8.78 Å². The molecule has 0 aromatic heterocycles. The number of halogens is 3. The first kappa shape index (κ1) is 18.1. The van der Waals surface area contributed by atoms with Crippen LogP contribution >= 0.6 is 11.6 Å². The number of hydrogen-bond acceptors (Lipinski definition) is 4. The second kappa shape index (κ2) is 7.11. The second-order valence-electron chi connectivity index (χ2n) is 5.51. The molecular formula is C14H17ClF2N2O3S. The van der Waals surface area contributed by atoms with Gasteiger partial charge in [0, 0.05) is 39.0 Å². The van der Waals surface area contributed by atoms with Crippen LogP contribution < -0.4 is 0 Å². The number of nitrogens with zero attached hydrogens (tertiary/aromatic N) is 2. The monoisotopic (exact) mass is 366 g/mol. The Bertz CT molecular complexity index is 704. The van der Waals surface area contributed by atoms with Crippen LogP contribution in [0, 0.1) is 11.6 Å². The highest BCUT2D eigenvalue weighted by Crippen LogP contribution is 2.22. The summed E-state index contributed by atoms with van der Waals surface area (Å²) in [6, 6.07) is 1.59. The first-order valence-electron chi connectivity index (χ1n) is 7.01. The molecule has 0 aliphatic carbocycles. The van der Waals surface area contributed by atoms with Gasteiger partial charge in [0.15, 0.2) is 11.6 Å². The molecule has 0 atom stereocenters. The predicted molar refractivity (Wildman–Crippen MR) is 83.4 cm³/mol. The molecule has 5 nitrogen and oxygen atoms in total. The second-order valence-corrected chi connectivity index (χ2v) is 8.18. The first-order valence-corrected chi connectivity index (χ1v) is 9.45. The number of amides is 1. The van der Waals surface area contributed by atoms with E-state index >= 15 is 0 Å². The average molecular weight is 367 g/mol. The molecule has 1 aliphatic heterocycles. The van der Waals surface area contributed by atoms with Gasteiger partial charge in [-0.05, 0) is 12.1 Å². The molecule has 23 heavy (non-hydrogen) atoms. The lowest BCUT2D eigenvalue weighted by Crippen LogP contribution is -2.49. The van der Waals surface area contributed by atoms with Gasteiger partial charge in [0.25, 0.3) is 5.91 Å². The Hall–Kier alpha value is -1.25. The first-order chi connectivity index (χ1) is 10.7. The maximum absolute atomic E-state index is 13.3. The molecule has 1 fully saturated rings. The molecule has 1 heterocycles. The van der Waals surface area contributed by atoms with Crippen molar-refractivity contribution in [2.24, 2.45) is 0 Å². The maximum Gasteiger partial charge on any atom is 0.255 e. The van der Waals surface area contributed by atoms with Crippen molar-refractivity contribution in [3.05, 3.63) is 34.4 Å². The van der Waals surface area contributed by atoms with Gasteiger partial charge in [-0.2, -0.15) is 0 Å². The van der Waals surface area contributed by atoms with Crippen LogP contribution in [0.25, 0.3) is 0 Å². The van der Waals surface area contributed by atoms with Crippen molar-refractivity contribution in [3.63, 3.8) is 0 Å². The zero-order chi connectivity index (χ0) is 17.2. The minimum absolute atomic E-state index is 0.0654. The van der Waals surface area contributed by atoms with Gasteiger partial charge in [-0.25, -0.2) is 17.2 Å². The van der Waals surface area contributed by atoms with E-state index in [1.165, 1.54) is 11.2 Å². The van der Waals surface area contributed by atoms with E-state index in [0.29, 0.717) is 32.7 Å². The quantitative estimate of drug-likeness (QED) is 0.756. The van der Waals surface area contributed by atoms with Crippen molar-refractivity contribution < 1.29 is 22.0 Å². The summed E-state index contributed by atoms with van der Waals surface area (Å²) in [6.07, 6.45) is 1.18. The third-order valence-corrected chi connectivity index (χ3v) is 4.92. The van der Waals surface area contributed by atoms with Gasteiger partial charge in [-0.3, -0.25) is 9.69 Å². The summed E-state index contributed by atoms with van der Waals surface area (Å²) in [5.74, 6) is -2.62. The Morgan fingerprint density at radius 2 is 1.74 bits per heavy atom. The lowest BCUT2D eigenvalue weighted by Gasteiger charge is -2.34. The zero-order valence-electron chi connectivity index (χ0n) is 12.6. The Kier molecular flexibility index (Phi) is 5.59. The molecule has 0 spiro atoms. The van der Waals surface area contributed by atoms with Crippen LogP contribution in [0.2, 0.25) is 5.02 Å². The number of sulfone groups is 1. The van der Waals surface area contributed by atoms with Crippen molar-refractivity contribution in [2.45, 2.75) is 0 Å². The van der Waals surface area contributed by atoms with Crippen LogP contribution in [0.5, 0.6) is 0 Å². The number of carbonyl (C=O) groups excluding carboxylic acids is 1. The number of rotatable bonds is 4. The molecular weight excluding hydrogens is 350 g/mol. The van der Waals surface area contributed by atoms with E-state index in [1.54, 1.807) is 0 Å². The Morgan fingerprint density at radius 3 is 2.30 bits per heavy atom. The molecule has 1 aromatic carbocycles. The third-order valence-electron chi connectivity index (χ3n) is 3.68. The smallest absolute Gasteiger partial charge is 0.255 e. The highest BCUT2D eigenvalue weighted by molar-refractivity contribution is 7.90. The Balaban J connectivity index is 1.97. The van der Waals surface area contributed by atoms with Gasteiger partial charge in [-0.15, -0.1) is 0 Å². The van der Waals surface area contributed by atoms with E-state index in [4.69, 9.17) is 11.6 Å². The molecule has 9 heteroatoms. The van der Waals surface area contributed by atoms with Crippen LogP contribution in [0.3, 0.4) is 0 Å². The molecule has 1 amide bonds. The molecule has 1 saturated heterocycles. The fourth-order valence-corrected chi connectivity index (χ4v) is 3.15. The van der Waals surface area contributed by atoms with Crippen LogP contribution in [-0.4, -0.2) is 68.9 Å². The van der Waals surface area contributed by atoms with E-state index in [1.807, 2.05) is 4.90 Å². The van der Waals surface area contributed by atoms with Crippen LogP contribution in [0.1, 0.15) is 10.4 Å². The molecule has 0 unspecified atom stereocenters. The van der Waals surface area contributed by atoms with E-state index in [0.717, 1.165) is 12.1 Å². The van der Waals surface area contributed by atoms with Gasteiger partial charge in [0.1, 0.15) is 9.84 Å². The topological polar surface area (TPSA) is 57.7 Å². The van der Waals surface area contributed by atoms with Crippen molar-refractivity contribution in [1.82, 2.24) is 9.80 Å². The predicted octanol–water partition coefficient (Wildman–Crippen LogP) is 1.42. The van der Waals surface area contributed by atoms with E-state index in [9.17, 15) is 22.0 Å². The van der Waals surface area contributed by atoms with Crippen molar-refractivity contribution in [3.8, 4) is 0 Å². The summed E-state index contributed by atoms with van der Waals surface area (Å²) in [4.78, 5) is 15.8. The number of benzene rings is 1. The minimum atomic E-state index is -3.03. The summed E-state index contributed by atoms with van der Waals surface area (Å²) in [6.45, 7) is 2.19. The zero-order valence-corrected chi connectivity index (χ0v) is 14.1. The number of piperazine rings is 1. The lowest BCUT2D eigenvalue weighted by molar-refractivity contribution is 0.0643. The van der Waals surface area contributed by atoms with Gasteiger partial charge in [-0.1, -0.05) is 11.6 Å². The molecule has 2 rings (SSSR count). The fraction of sp³-hybridized carbons (Fsp3) is 0.500. The van der Waals surface area contributed by atoms with E-state index in [2.05, 4.69) is 0 Å². The summed E-state index contributed by atoms with van der Waals surface area (Å²) in [7, 11) is -3.03. The van der Waals surface area contributed by atoms with Crippen LogP contribution in [0.15, 0.2) is 12.1 Å². The van der Waals surface area contributed by atoms with Gasteiger partial charge in [0.2, 0.25) is 0 Å². The number of carbonyl (C=O) groups is 1. The van der Waals surface area contributed by atoms with Gasteiger partial charge in [0.05, 0.1) is 16.3 Å². The minimum Gasteiger partial charge on any atom is -0.336 e. The molecule has 0 bridgehead atoms. The lowest BCUT2D eigenvalue weighted by atomic mass is 10.1. The molecule has 128 valence electrons. The van der Waals surface area contributed by atoms with Crippen molar-refractivity contribution in [1.29, 1.82) is 0 Å². The normalized spacial score (nSPS) is 16.6. The standard InChI is InChI=1S/C14H17ClF2N2O3S/c1-23(21,22)7-6-18-2-4-19(5-3-18)14(20)10-8-12(16)13(17)9-11(10)15/h8-9H,2-7H2,1H3. The SMILES string of the molecule is CS(=O)(=O)CCN1CCN(C(=O)c2cc(F)c(F)cc2Cl)CC1. The average Bonchev–Trinajstić information content (AvgIpc) is 2.48. The summed E-state index contributed by atoms with van der Waals surface area (Å²) >= 11 is 5.81. The largest absolute Gasteiger partial charge is 0.336 e. The molecule has 1 aliphatic rings. The fourth-order valence-electron chi connectivity index (χ4n) is 2.33. The van der Waals surface area contributed by atoms with E-state index < -0.39 is 27.4 Å². The summed E-state index contributed by atoms with van der Waals surface area (Å²) in [5.41, 5.74) is -0.0739. The molecule has 1 aromatic rings. The Morgan fingerprint density at radius 1 is 1.17 bits per heavy atom. The summed E-state index contributed by atoms with van der Waals surface area (Å²) < 4.78 is 48.7.